The van der Waals surface area contributed by atoms with Crippen LogP contribution in [0.1, 0.15) is 31.7 Å². The number of aliphatic imine (C=N–C) groups is 1. The Balaban J connectivity index is 1.41. The average Bonchev–Trinajstić information content (AvgIpc) is 3.57. The molecule has 2 aliphatic carbocycles. The molecule has 0 bridgehead atoms. The van der Waals surface area contributed by atoms with Crippen LogP contribution in [0.3, 0.4) is 0 Å². The maximum absolute atomic E-state index is 12.4. The van der Waals surface area contributed by atoms with Gasteiger partial charge in [-0.1, -0.05) is 25.1 Å². The molecule has 6 heteroatoms. The predicted octanol–water partition coefficient (Wildman–Crippen LogP) is 1.61. The van der Waals surface area contributed by atoms with Gasteiger partial charge in [0.1, 0.15) is 5.75 Å². The number of hydrogen-bond donors (Lipinski definition) is 1. The molecule has 4 rings (SSSR count). The number of benzene rings is 1. The van der Waals surface area contributed by atoms with E-state index >= 15 is 0 Å². The van der Waals surface area contributed by atoms with Crippen LogP contribution < -0.4 is 10.1 Å². The van der Waals surface area contributed by atoms with Gasteiger partial charge in [-0.25, -0.2) is 0 Å². The first kappa shape index (κ1) is 17.2. The molecule has 0 radical (unpaired) electrons. The molecule has 1 aliphatic heterocycles. The monoisotopic (exact) mass is 356 g/mol. The van der Waals surface area contributed by atoms with E-state index in [0.29, 0.717) is 18.6 Å². The minimum atomic E-state index is 0.0301. The van der Waals surface area contributed by atoms with Crippen molar-refractivity contribution in [2.45, 2.75) is 43.7 Å². The topological polar surface area (TPSA) is 57.2 Å². The number of amides is 1. The predicted molar refractivity (Wildman–Crippen MR) is 102 cm³/mol. The number of guanidine groups is 1. The van der Waals surface area contributed by atoms with E-state index in [1.54, 1.807) is 14.2 Å². The van der Waals surface area contributed by atoms with Gasteiger partial charge in [0.25, 0.3) is 0 Å². The summed E-state index contributed by atoms with van der Waals surface area (Å²) in [6.07, 6.45) is 3.36. The highest BCUT2D eigenvalue weighted by atomic mass is 16.5. The van der Waals surface area contributed by atoms with Crippen molar-refractivity contribution in [3.63, 3.8) is 0 Å². The number of methoxy groups -OCH3 is 1. The number of nitrogens with one attached hydrogen (secondary N) is 1. The molecule has 1 aromatic carbocycles. The molecule has 6 nitrogen and oxygen atoms in total. The molecule has 0 aromatic heterocycles. The van der Waals surface area contributed by atoms with Crippen molar-refractivity contribution in [1.29, 1.82) is 0 Å². The van der Waals surface area contributed by atoms with Gasteiger partial charge in [-0.05, 0) is 25.3 Å². The summed E-state index contributed by atoms with van der Waals surface area (Å²) in [5.74, 6) is 1.99. The number of nitrogens with zero attached hydrogens (tertiary/aromatic N) is 3. The standard InChI is InChI=1S/C20H28N4O2/c1-20(15-6-4-5-7-16(15)26-3)12-17(20)22-19(21-2)23-10-11-24(14-8-9-14)18(25)13-23/h4-7,14,17H,8-13H2,1-3H3,(H,21,22). The number of carbonyl (C=O) groups is 1. The van der Waals surface area contributed by atoms with Gasteiger partial charge in [0.05, 0.1) is 13.7 Å². The Morgan fingerprint density at radius 1 is 1.31 bits per heavy atom. The van der Waals surface area contributed by atoms with Gasteiger partial charge in [-0.3, -0.25) is 9.79 Å². The van der Waals surface area contributed by atoms with Crippen molar-refractivity contribution >= 4 is 11.9 Å². The fourth-order valence-electron chi connectivity index (χ4n) is 4.08. The van der Waals surface area contributed by atoms with Gasteiger partial charge >= 0.3 is 0 Å². The lowest BCUT2D eigenvalue weighted by atomic mass is 9.96. The minimum Gasteiger partial charge on any atom is -0.496 e. The second-order valence-corrected chi connectivity index (χ2v) is 7.81. The van der Waals surface area contributed by atoms with Crippen molar-refractivity contribution in [1.82, 2.24) is 15.1 Å². The molecule has 1 aromatic rings. The number of carbonyl (C=O) groups excluding carboxylic acids is 1. The van der Waals surface area contributed by atoms with Crippen LogP contribution in [0.4, 0.5) is 0 Å². The fourth-order valence-corrected chi connectivity index (χ4v) is 4.08. The van der Waals surface area contributed by atoms with Gasteiger partial charge in [-0.2, -0.15) is 0 Å². The van der Waals surface area contributed by atoms with Crippen LogP contribution in [0, 0.1) is 0 Å². The van der Waals surface area contributed by atoms with Gasteiger partial charge in [-0.15, -0.1) is 0 Å². The molecule has 1 amide bonds. The summed E-state index contributed by atoms with van der Waals surface area (Å²) in [6, 6.07) is 9.01. The molecule has 1 saturated heterocycles. The molecular formula is C20H28N4O2. The SMILES string of the molecule is CN=C(NC1CC1(C)c1ccccc1OC)N1CCN(C2CC2)C(=O)C1. The fraction of sp³-hybridized carbons (Fsp3) is 0.600. The number of rotatable bonds is 4. The zero-order chi connectivity index (χ0) is 18.3. The summed E-state index contributed by atoms with van der Waals surface area (Å²) >= 11 is 0. The van der Waals surface area contributed by atoms with Gasteiger partial charge in [0, 0.05) is 43.2 Å². The second kappa shape index (κ2) is 6.49. The Labute approximate surface area is 155 Å². The Bertz CT molecular complexity index is 730. The van der Waals surface area contributed by atoms with E-state index in [-0.39, 0.29) is 11.3 Å². The zero-order valence-electron chi connectivity index (χ0n) is 15.9. The van der Waals surface area contributed by atoms with Crippen LogP contribution in [-0.2, 0) is 10.2 Å². The first-order chi connectivity index (χ1) is 12.6. The van der Waals surface area contributed by atoms with E-state index in [1.165, 1.54) is 5.56 Å². The summed E-state index contributed by atoms with van der Waals surface area (Å²) in [5, 5.41) is 3.58. The van der Waals surface area contributed by atoms with Gasteiger partial charge in [0.15, 0.2) is 5.96 Å². The van der Waals surface area contributed by atoms with Crippen LogP contribution in [0.15, 0.2) is 29.3 Å². The quantitative estimate of drug-likeness (QED) is 0.658. The molecule has 26 heavy (non-hydrogen) atoms. The van der Waals surface area contributed by atoms with Crippen molar-refractivity contribution in [2.24, 2.45) is 4.99 Å². The van der Waals surface area contributed by atoms with Gasteiger partial charge in [0.2, 0.25) is 5.91 Å². The molecule has 140 valence electrons. The van der Waals surface area contributed by atoms with Crippen molar-refractivity contribution < 1.29 is 9.53 Å². The Hall–Kier alpha value is -2.24. The third-order valence-corrected chi connectivity index (χ3v) is 6.02. The third kappa shape index (κ3) is 3.02. The molecular weight excluding hydrogens is 328 g/mol. The Morgan fingerprint density at radius 3 is 2.73 bits per heavy atom. The molecule has 0 spiro atoms. The lowest BCUT2D eigenvalue weighted by Gasteiger charge is -2.36. The Kier molecular flexibility index (Phi) is 4.29. The van der Waals surface area contributed by atoms with E-state index in [2.05, 4.69) is 34.3 Å². The number of ether oxygens (including phenoxy) is 1. The third-order valence-electron chi connectivity index (χ3n) is 6.02. The maximum Gasteiger partial charge on any atom is 0.242 e. The van der Waals surface area contributed by atoms with Gasteiger partial charge < -0.3 is 19.9 Å². The highest BCUT2D eigenvalue weighted by Gasteiger charge is 2.53. The summed E-state index contributed by atoms with van der Waals surface area (Å²) in [7, 11) is 3.51. The maximum atomic E-state index is 12.4. The van der Waals surface area contributed by atoms with E-state index in [1.807, 2.05) is 17.0 Å². The molecule has 2 saturated carbocycles. The van der Waals surface area contributed by atoms with Crippen LogP contribution >= 0.6 is 0 Å². The molecule has 3 aliphatic rings. The zero-order valence-corrected chi connectivity index (χ0v) is 15.9. The Morgan fingerprint density at radius 2 is 2.08 bits per heavy atom. The summed E-state index contributed by atoms with van der Waals surface area (Å²) in [4.78, 5) is 21.0. The number of para-hydroxylation sites is 1. The number of piperazine rings is 1. The summed E-state index contributed by atoms with van der Waals surface area (Å²) in [5.41, 5.74) is 1.26. The molecule has 1 heterocycles. The summed E-state index contributed by atoms with van der Waals surface area (Å²) < 4.78 is 5.54. The number of hydrogen-bond acceptors (Lipinski definition) is 3. The summed E-state index contributed by atoms with van der Waals surface area (Å²) in [6.45, 7) is 4.33. The smallest absolute Gasteiger partial charge is 0.242 e. The molecule has 1 N–H and O–H groups in total. The van der Waals surface area contributed by atoms with Crippen LogP contribution in [0.5, 0.6) is 5.75 Å². The highest BCUT2D eigenvalue weighted by molar-refractivity contribution is 5.88. The van der Waals surface area contributed by atoms with Crippen molar-refractivity contribution in [2.75, 3.05) is 33.8 Å². The second-order valence-electron chi connectivity index (χ2n) is 7.81. The van der Waals surface area contributed by atoms with E-state index in [9.17, 15) is 4.79 Å². The molecule has 2 atom stereocenters. The normalized spacial score (nSPS) is 29.0. The highest BCUT2D eigenvalue weighted by Crippen LogP contribution is 2.51. The van der Waals surface area contributed by atoms with E-state index in [0.717, 1.165) is 44.1 Å². The van der Waals surface area contributed by atoms with Crippen LogP contribution in [0.25, 0.3) is 0 Å². The lowest BCUT2D eigenvalue weighted by Crippen LogP contribution is -2.56. The first-order valence-corrected chi connectivity index (χ1v) is 9.48. The largest absolute Gasteiger partial charge is 0.496 e. The average molecular weight is 356 g/mol. The first-order valence-electron chi connectivity index (χ1n) is 9.48. The van der Waals surface area contributed by atoms with Crippen LogP contribution in [-0.4, -0.2) is 67.5 Å². The van der Waals surface area contributed by atoms with E-state index < -0.39 is 0 Å². The van der Waals surface area contributed by atoms with Crippen molar-refractivity contribution in [3.05, 3.63) is 29.8 Å². The van der Waals surface area contributed by atoms with E-state index in [4.69, 9.17) is 4.74 Å². The van der Waals surface area contributed by atoms with Crippen molar-refractivity contribution in [3.8, 4) is 5.75 Å². The lowest BCUT2D eigenvalue weighted by molar-refractivity contribution is -0.135. The minimum absolute atomic E-state index is 0.0301. The molecule has 2 unspecified atom stereocenters. The molecule has 3 fully saturated rings. The van der Waals surface area contributed by atoms with Crippen LogP contribution in [0.2, 0.25) is 0 Å².